The lowest BCUT2D eigenvalue weighted by atomic mass is 9.83. The second-order valence-corrected chi connectivity index (χ2v) is 12.0. The van der Waals surface area contributed by atoms with Crippen LogP contribution in [-0.4, -0.2) is 37.4 Å². The van der Waals surface area contributed by atoms with Crippen LogP contribution in [0.15, 0.2) is 66.7 Å². The van der Waals surface area contributed by atoms with Gasteiger partial charge in [0.15, 0.2) is 0 Å². The molecular formula is C33H35ClN2O3S. The normalized spacial score (nSPS) is 17.0. The molecule has 0 saturated heterocycles. The van der Waals surface area contributed by atoms with Crippen molar-refractivity contribution in [2.75, 3.05) is 19.1 Å². The van der Waals surface area contributed by atoms with E-state index in [4.69, 9.17) is 16.3 Å². The van der Waals surface area contributed by atoms with Gasteiger partial charge >= 0.3 is 0 Å². The van der Waals surface area contributed by atoms with Crippen LogP contribution in [0, 0.1) is 5.92 Å². The Morgan fingerprint density at radius 2 is 1.73 bits per heavy atom. The molecule has 4 aromatic rings. The van der Waals surface area contributed by atoms with Gasteiger partial charge in [0.05, 0.1) is 12.1 Å². The Hall–Kier alpha value is -3.35. The maximum atomic E-state index is 14.3. The molecule has 2 amide bonds. The van der Waals surface area contributed by atoms with Crippen LogP contribution in [0.5, 0.6) is 5.75 Å². The number of benzene rings is 3. The fourth-order valence-electron chi connectivity index (χ4n) is 5.73. The summed E-state index contributed by atoms with van der Waals surface area (Å²) in [6, 6.07) is 22.1. The van der Waals surface area contributed by atoms with Crippen LogP contribution in [0.4, 0.5) is 5.69 Å². The van der Waals surface area contributed by atoms with Gasteiger partial charge in [0.25, 0.3) is 5.91 Å². The predicted molar refractivity (Wildman–Crippen MR) is 166 cm³/mol. The van der Waals surface area contributed by atoms with E-state index in [-0.39, 0.29) is 11.9 Å². The lowest BCUT2D eigenvalue weighted by Gasteiger charge is -2.37. The average Bonchev–Trinajstić information content (AvgIpc) is 3.35. The van der Waals surface area contributed by atoms with E-state index in [0.717, 1.165) is 76.2 Å². The molecule has 7 heteroatoms. The number of amides is 2. The Morgan fingerprint density at radius 3 is 2.38 bits per heavy atom. The summed E-state index contributed by atoms with van der Waals surface area (Å²) in [5, 5.41) is 1.47. The number of hydrogen-bond acceptors (Lipinski definition) is 4. The zero-order valence-electron chi connectivity index (χ0n) is 23.2. The highest BCUT2D eigenvalue weighted by molar-refractivity contribution is 7.21. The molecule has 0 radical (unpaired) electrons. The van der Waals surface area contributed by atoms with Crippen molar-refractivity contribution in [2.24, 2.45) is 5.92 Å². The molecule has 40 heavy (non-hydrogen) atoms. The molecule has 3 aromatic carbocycles. The maximum Gasteiger partial charge on any atom is 0.266 e. The monoisotopic (exact) mass is 574 g/mol. The Labute approximate surface area is 245 Å². The minimum Gasteiger partial charge on any atom is -0.496 e. The zero-order chi connectivity index (χ0) is 28.2. The number of rotatable bonds is 9. The molecule has 1 aliphatic carbocycles. The number of methoxy groups -OCH3 is 1. The first-order chi connectivity index (χ1) is 19.4. The van der Waals surface area contributed by atoms with E-state index in [1.54, 1.807) is 19.1 Å². The van der Waals surface area contributed by atoms with Gasteiger partial charge < -0.3 is 14.5 Å². The predicted octanol–water partition coefficient (Wildman–Crippen LogP) is 8.43. The van der Waals surface area contributed by atoms with Crippen LogP contribution >= 0.6 is 22.9 Å². The highest BCUT2D eigenvalue weighted by atomic mass is 35.5. The van der Waals surface area contributed by atoms with Crippen LogP contribution in [0.2, 0.25) is 5.02 Å². The number of hydrogen-bond donors (Lipinski definition) is 0. The Bertz CT molecular complexity index is 1490. The molecule has 5 nitrogen and oxygen atoms in total. The number of halogens is 1. The SMILES string of the molecule is CCC1CCC(N(Cc2cc(-c3ccc(N(C)C=O)cc3)ccc2OC)C(=O)c2sc3ccccc3c2Cl)CC1. The van der Waals surface area contributed by atoms with Gasteiger partial charge in [-0.25, -0.2) is 0 Å². The fraction of sp³-hybridized carbons (Fsp3) is 0.333. The first-order valence-corrected chi connectivity index (χ1v) is 15.1. The summed E-state index contributed by atoms with van der Waals surface area (Å²) < 4.78 is 6.80. The van der Waals surface area contributed by atoms with E-state index in [1.807, 2.05) is 65.6 Å². The van der Waals surface area contributed by atoms with E-state index in [2.05, 4.69) is 13.0 Å². The van der Waals surface area contributed by atoms with Crippen molar-refractivity contribution >= 4 is 51.0 Å². The average molecular weight is 575 g/mol. The van der Waals surface area contributed by atoms with Crippen LogP contribution in [0.3, 0.4) is 0 Å². The lowest BCUT2D eigenvalue weighted by Crippen LogP contribution is -2.41. The molecule has 5 rings (SSSR count). The van der Waals surface area contributed by atoms with E-state index in [0.29, 0.717) is 16.4 Å². The fourth-order valence-corrected chi connectivity index (χ4v) is 7.20. The number of nitrogens with zero attached hydrogens (tertiary/aromatic N) is 2. The maximum absolute atomic E-state index is 14.3. The zero-order valence-corrected chi connectivity index (χ0v) is 24.8. The smallest absolute Gasteiger partial charge is 0.266 e. The van der Waals surface area contributed by atoms with Crippen molar-refractivity contribution in [1.29, 1.82) is 0 Å². The number of carbonyl (C=O) groups is 2. The van der Waals surface area contributed by atoms with Crippen molar-refractivity contribution in [2.45, 2.75) is 51.6 Å². The molecular weight excluding hydrogens is 540 g/mol. The summed E-state index contributed by atoms with van der Waals surface area (Å²) in [4.78, 5) is 29.6. The third-order valence-corrected chi connectivity index (χ3v) is 9.87. The van der Waals surface area contributed by atoms with Gasteiger partial charge in [-0.2, -0.15) is 0 Å². The standard InChI is InChI=1S/C33H35ClN2O3S/c1-4-22-9-14-27(15-10-22)36(33(38)32-31(34)28-7-5-6-8-30(28)40-32)20-25-19-24(13-18-29(25)39-3)23-11-16-26(17-12-23)35(2)21-37/h5-8,11-13,16-19,21-22,27H,4,9-10,14-15,20H2,1-3H3. The molecule has 0 bridgehead atoms. The van der Waals surface area contributed by atoms with Crippen molar-refractivity contribution in [1.82, 2.24) is 4.90 Å². The van der Waals surface area contributed by atoms with E-state index < -0.39 is 0 Å². The largest absolute Gasteiger partial charge is 0.496 e. The summed E-state index contributed by atoms with van der Waals surface area (Å²) >= 11 is 8.28. The summed E-state index contributed by atoms with van der Waals surface area (Å²) in [6.07, 6.45) is 6.21. The van der Waals surface area contributed by atoms with E-state index in [1.165, 1.54) is 17.8 Å². The Kier molecular flexibility index (Phi) is 8.77. The van der Waals surface area contributed by atoms with Crippen LogP contribution < -0.4 is 9.64 Å². The van der Waals surface area contributed by atoms with Crippen molar-refractivity contribution in [3.05, 3.63) is 82.2 Å². The third-order valence-electron chi connectivity index (χ3n) is 8.21. The number of thiophene rings is 1. The lowest BCUT2D eigenvalue weighted by molar-refractivity contribution is -0.107. The third kappa shape index (κ3) is 5.74. The molecule has 208 valence electrons. The number of ether oxygens (including phenoxy) is 1. The van der Waals surface area contributed by atoms with Crippen molar-refractivity contribution in [3.8, 4) is 16.9 Å². The minimum atomic E-state index is -0.0140. The highest BCUT2D eigenvalue weighted by Gasteiger charge is 2.32. The first-order valence-electron chi connectivity index (χ1n) is 13.9. The molecule has 0 aliphatic heterocycles. The van der Waals surface area contributed by atoms with Crippen molar-refractivity contribution in [3.63, 3.8) is 0 Å². The number of anilines is 1. The summed E-state index contributed by atoms with van der Waals surface area (Å²) in [5.41, 5.74) is 3.84. The van der Waals surface area contributed by atoms with Gasteiger partial charge in [-0.3, -0.25) is 9.59 Å². The first kappa shape index (κ1) is 28.2. The van der Waals surface area contributed by atoms with Crippen molar-refractivity contribution < 1.29 is 14.3 Å². The topological polar surface area (TPSA) is 49.9 Å². The molecule has 1 aliphatic rings. The van der Waals surface area contributed by atoms with Gasteiger partial charge in [-0.15, -0.1) is 11.3 Å². The van der Waals surface area contributed by atoms with Crippen LogP contribution in [0.1, 0.15) is 54.3 Å². The molecule has 0 atom stereocenters. The van der Waals surface area contributed by atoms with E-state index in [9.17, 15) is 9.59 Å². The van der Waals surface area contributed by atoms with Gasteiger partial charge in [0, 0.05) is 41.0 Å². The highest BCUT2D eigenvalue weighted by Crippen LogP contribution is 2.39. The summed E-state index contributed by atoms with van der Waals surface area (Å²) in [6.45, 7) is 2.69. The Balaban J connectivity index is 1.50. The molecule has 0 spiro atoms. The summed E-state index contributed by atoms with van der Waals surface area (Å²) in [7, 11) is 3.40. The van der Waals surface area contributed by atoms with Gasteiger partial charge in [0.2, 0.25) is 6.41 Å². The van der Waals surface area contributed by atoms with Crippen LogP contribution in [-0.2, 0) is 11.3 Å². The van der Waals surface area contributed by atoms with Crippen LogP contribution in [0.25, 0.3) is 21.2 Å². The second kappa shape index (κ2) is 12.4. The molecule has 0 N–H and O–H groups in total. The second-order valence-electron chi connectivity index (χ2n) is 10.5. The molecule has 0 unspecified atom stereocenters. The number of carbonyl (C=O) groups excluding carboxylic acids is 2. The van der Waals surface area contributed by atoms with E-state index >= 15 is 0 Å². The minimum absolute atomic E-state index is 0.0140. The quantitative estimate of drug-likeness (QED) is 0.188. The molecule has 1 saturated carbocycles. The number of fused-ring (bicyclic) bond motifs is 1. The van der Waals surface area contributed by atoms with Gasteiger partial charge in [0.1, 0.15) is 10.6 Å². The molecule has 1 aromatic heterocycles. The molecule has 1 heterocycles. The molecule has 1 fully saturated rings. The summed E-state index contributed by atoms with van der Waals surface area (Å²) in [5.74, 6) is 1.46. The van der Waals surface area contributed by atoms with Gasteiger partial charge in [-0.05, 0) is 73.1 Å². The van der Waals surface area contributed by atoms with Gasteiger partial charge in [-0.1, -0.05) is 61.3 Å². The Morgan fingerprint density at radius 1 is 1.02 bits per heavy atom.